The minimum Gasteiger partial charge on any atom is -0.322 e. The number of amides is 4. The fourth-order valence-corrected chi connectivity index (χ4v) is 4.32. The van der Waals surface area contributed by atoms with Crippen molar-refractivity contribution < 1.29 is 24.1 Å². The van der Waals surface area contributed by atoms with Crippen LogP contribution >= 0.6 is 0 Å². The Balaban J connectivity index is 1.39. The first-order chi connectivity index (χ1) is 18.8. The highest BCUT2D eigenvalue weighted by molar-refractivity contribution is 6.34. The predicted octanol–water partition coefficient (Wildman–Crippen LogP) is 4.73. The van der Waals surface area contributed by atoms with Gasteiger partial charge in [-0.15, -0.1) is 0 Å². The average Bonchev–Trinajstić information content (AvgIpc) is 3.19. The third kappa shape index (κ3) is 4.60. The van der Waals surface area contributed by atoms with E-state index in [-0.39, 0.29) is 28.3 Å². The second-order valence-electron chi connectivity index (χ2n) is 8.51. The molecular weight excluding hydrogens is 502 g/mol. The first-order valence-corrected chi connectivity index (χ1v) is 11.6. The van der Waals surface area contributed by atoms with Crippen molar-refractivity contribution in [2.75, 3.05) is 15.1 Å². The molecule has 5 rings (SSSR count). The largest absolute Gasteiger partial charge is 0.322 e. The number of nitrogens with one attached hydrogen (secondary N) is 1. The summed E-state index contributed by atoms with van der Waals surface area (Å²) in [5.74, 6) is -2.20. The van der Waals surface area contributed by atoms with Gasteiger partial charge in [-0.2, -0.15) is 0 Å². The molecule has 1 aliphatic rings. The standard InChI is InChI=1S/C28H19N5O6/c1-17(34)31(20-12-14-29-15-13-20)19-8-6-18(7-9-19)30-26(35)24-11-10-21(16-25(24)33(38)39)32-27(36)22-4-2-3-5-23(22)28(32)37/h2-16H,1H3,(H,30,35). The lowest BCUT2D eigenvalue weighted by atomic mass is 10.1. The van der Waals surface area contributed by atoms with Gasteiger partial charge in [-0.05, 0) is 60.7 Å². The lowest BCUT2D eigenvalue weighted by Gasteiger charge is -2.21. The zero-order valence-electron chi connectivity index (χ0n) is 20.4. The Bertz CT molecular complexity index is 1620. The second-order valence-corrected chi connectivity index (χ2v) is 8.51. The maximum Gasteiger partial charge on any atom is 0.284 e. The smallest absolute Gasteiger partial charge is 0.284 e. The van der Waals surface area contributed by atoms with Gasteiger partial charge in [-0.1, -0.05) is 12.1 Å². The molecule has 2 heterocycles. The Labute approximate surface area is 221 Å². The molecule has 0 unspecified atom stereocenters. The van der Waals surface area contributed by atoms with Crippen molar-refractivity contribution in [2.45, 2.75) is 6.92 Å². The molecule has 0 spiro atoms. The van der Waals surface area contributed by atoms with Crippen LogP contribution in [0.5, 0.6) is 0 Å². The van der Waals surface area contributed by atoms with Crippen LogP contribution < -0.4 is 15.1 Å². The van der Waals surface area contributed by atoms with E-state index in [1.165, 1.54) is 36.1 Å². The number of imide groups is 1. The summed E-state index contributed by atoms with van der Waals surface area (Å²) >= 11 is 0. The topological polar surface area (TPSA) is 143 Å². The van der Waals surface area contributed by atoms with Crippen LogP contribution in [0.2, 0.25) is 0 Å². The van der Waals surface area contributed by atoms with Crippen LogP contribution in [-0.4, -0.2) is 33.5 Å². The van der Waals surface area contributed by atoms with Crippen LogP contribution in [0.4, 0.5) is 28.4 Å². The number of aromatic nitrogens is 1. The molecule has 0 saturated carbocycles. The number of anilines is 4. The van der Waals surface area contributed by atoms with E-state index >= 15 is 0 Å². The van der Waals surface area contributed by atoms with Crippen LogP contribution in [0.1, 0.15) is 38.0 Å². The van der Waals surface area contributed by atoms with Crippen LogP contribution in [0.3, 0.4) is 0 Å². The summed E-state index contributed by atoms with van der Waals surface area (Å²) in [6, 6.07) is 19.5. The normalized spacial score (nSPS) is 12.2. The second kappa shape index (κ2) is 9.98. The fraction of sp³-hybridized carbons (Fsp3) is 0.0357. The fourth-order valence-electron chi connectivity index (χ4n) is 4.32. The number of fused-ring (bicyclic) bond motifs is 1. The maximum atomic E-state index is 13.0. The van der Waals surface area contributed by atoms with Gasteiger partial charge in [0.2, 0.25) is 5.91 Å². The molecule has 4 aromatic rings. The average molecular weight is 521 g/mol. The highest BCUT2D eigenvalue weighted by atomic mass is 16.6. The number of rotatable bonds is 6. The predicted molar refractivity (Wildman–Crippen MR) is 142 cm³/mol. The lowest BCUT2D eigenvalue weighted by molar-refractivity contribution is -0.385. The maximum absolute atomic E-state index is 13.0. The highest BCUT2D eigenvalue weighted by Crippen LogP contribution is 2.33. The van der Waals surface area contributed by atoms with Gasteiger partial charge in [-0.25, -0.2) is 4.90 Å². The highest BCUT2D eigenvalue weighted by Gasteiger charge is 2.37. The van der Waals surface area contributed by atoms with Crippen LogP contribution in [0.15, 0.2) is 91.3 Å². The van der Waals surface area contributed by atoms with Gasteiger partial charge < -0.3 is 5.32 Å². The number of benzene rings is 3. The van der Waals surface area contributed by atoms with Crippen LogP contribution in [-0.2, 0) is 4.79 Å². The molecule has 11 heteroatoms. The van der Waals surface area contributed by atoms with Gasteiger partial charge in [0.05, 0.1) is 27.4 Å². The molecule has 11 nitrogen and oxygen atoms in total. The van der Waals surface area contributed by atoms with Crippen LogP contribution in [0.25, 0.3) is 0 Å². The van der Waals surface area contributed by atoms with Crippen molar-refractivity contribution in [3.63, 3.8) is 0 Å². The summed E-state index contributed by atoms with van der Waals surface area (Å²) in [7, 11) is 0. The van der Waals surface area contributed by atoms with E-state index < -0.39 is 28.3 Å². The van der Waals surface area contributed by atoms with Gasteiger partial charge in [0.1, 0.15) is 5.56 Å². The number of nitro groups is 1. The number of hydrogen-bond acceptors (Lipinski definition) is 7. The minimum atomic E-state index is -0.763. The van der Waals surface area contributed by atoms with E-state index in [2.05, 4.69) is 10.3 Å². The number of pyridine rings is 1. The van der Waals surface area contributed by atoms with Crippen molar-refractivity contribution in [3.05, 3.63) is 118 Å². The number of nitrogens with zero attached hydrogens (tertiary/aromatic N) is 4. The van der Waals surface area contributed by atoms with E-state index in [1.807, 2.05) is 0 Å². The van der Waals surface area contributed by atoms with E-state index in [9.17, 15) is 29.3 Å². The number of nitro benzene ring substituents is 1. The molecule has 0 atom stereocenters. The van der Waals surface area contributed by atoms with Gasteiger partial charge >= 0.3 is 0 Å². The van der Waals surface area contributed by atoms with Crippen molar-refractivity contribution in [2.24, 2.45) is 0 Å². The Morgan fingerprint density at radius 3 is 2.03 bits per heavy atom. The summed E-state index contributed by atoms with van der Waals surface area (Å²) < 4.78 is 0. The van der Waals surface area contributed by atoms with E-state index in [0.29, 0.717) is 17.1 Å². The third-order valence-electron chi connectivity index (χ3n) is 6.09. The summed E-state index contributed by atoms with van der Waals surface area (Å²) in [6.45, 7) is 1.42. The first kappa shape index (κ1) is 25.0. The van der Waals surface area contributed by atoms with Crippen molar-refractivity contribution >= 4 is 52.1 Å². The number of carbonyl (C=O) groups excluding carboxylic acids is 4. The van der Waals surface area contributed by atoms with Crippen LogP contribution in [0, 0.1) is 10.1 Å². The molecule has 192 valence electrons. The molecule has 3 aromatic carbocycles. The van der Waals surface area contributed by atoms with Gasteiger partial charge in [0.15, 0.2) is 0 Å². The number of carbonyl (C=O) groups is 4. The SMILES string of the molecule is CC(=O)N(c1ccncc1)c1ccc(NC(=O)c2ccc(N3C(=O)c4ccccc4C3=O)cc2[N+](=O)[O-])cc1. The molecule has 4 amide bonds. The Morgan fingerprint density at radius 2 is 1.46 bits per heavy atom. The molecular formula is C28H19N5O6. The van der Waals surface area contributed by atoms with Gasteiger partial charge in [0, 0.05) is 36.8 Å². The zero-order chi connectivity index (χ0) is 27.7. The number of hydrogen-bond donors (Lipinski definition) is 1. The summed E-state index contributed by atoms with van der Waals surface area (Å²) in [5, 5.41) is 14.4. The molecule has 39 heavy (non-hydrogen) atoms. The molecule has 0 fully saturated rings. The first-order valence-electron chi connectivity index (χ1n) is 11.6. The minimum absolute atomic E-state index is 0.0192. The Morgan fingerprint density at radius 1 is 0.872 bits per heavy atom. The van der Waals surface area contributed by atoms with E-state index in [1.54, 1.807) is 60.9 Å². The Hall–Kier alpha value is -5.71. The molecule has 1 aromatic heterocycles. The molecule has 0 saturated heterocycles. The van der Waals surface area contributed by atoms with Crippen molar-refractivity contribution in [1.29, 1.82) is 0 Å². The summed E-state index contributed by atoms with van der Waals surface area (Å²) in [4.78, 5) is 68.2. The quantitative estimate of drug-likeness (QED) is 0.220. The Kier molecular flexibility index (Phi) is 6.39. The summed E-state index contributed by atoms with van der Waals surface area (Å²) in [5.41, 5.74) is 1.04. The van der Waals surface area contributed by atoms with Crippen molar-refractivity contribution in [1.82, 2.24) is 4.98 Å². The molecule has 0 bridgehead atoms. The van der Waals surface area contributed by atoms with Crippen molar-refractivity contribution in [3.8, 4) is 0 Å². The molecule has 0 aliphatic carbocycles. The summed E-state index contributed by atoms with van der Waals surface area (Å²) in [6.07, 6.45) is 3.12. The monoisotopic (exact) mass is 521 g/mol. The molecule has 0 radical (unpaired) electrons. The van der Waals surface area contributed by atoms with E-state index in [0.717, 1.165) is 11.0 Å². The molecule has 1 N–H and O–H groups in total. The van der Waals surface area contributed by atoms with Gasteiger partial charge in [0.25, 0.3) is 23.4 Å². The van der Waals surface area contributed by atoms with E-state index in [4.69, 9.17) is 0 Å². The molecule has 1 aliphatic heterocycles. The lowest BCUT2D eigenvalue weighted by Crippen LogP contribution is -2.29. The van der Waals surface area contributed by atoms with Gasteiger partial charge in [-0.3, -0.25) is 39.2 Å². The third-order valence-corrected chi connectivity index (χ3v) is 6.09. The zero-order valence-corrected chi connectivity index (χ0v) is 20.4.